The molecule has 0 atom stereocenters. The van der Waals surface area contributed by atoms with E-state index in [0.29, 0.717) is 24.9 Å². The van der Waals surface area contributed by atoms with Crippen molar-refractivity contribution in [3.63, 3.8) is 0 Å². The number of benzene rings is 2. The molecule has 134 valence electrons. The van der Waals surface area contributed by atoms with Gasteiger partial charge in [0, 0.05) is 25.6 Å². The van der Waals surface area contributed by atoms with Gasteiger partial charge in [-0.3, -0.25) is 4.79 Å². The molecule has 0 saturated heterocycles. The number of hydrogen-bond donors (Lipinski definition) is 1. The van der Waals surface area contributed by atoms with Crippen LogP contribution >= 0.6 is 0 Å². The highest BCUT2D eigenvalue weighted by Gasteiger charge is 2.06. The predicted molar refractivity (Wildman–Crippen MR) is 105 cm³/mol. The van der Waals surface area contributed by atoms with E-state index in [0.717, 1.165) is 16.9 Å². The minimum absolute atomic E-state index is 0.150. The third kappa shape index (κ3) is 4.20. The number of carbonyl (C=O) groups is 1. The molecule has 0 aliphatic heterocycles. The minimum atomic E-state index is -0.150. The first-order valence-electron chi connectivity index (χ1n) is 8.98. The number of nitrogens with one attached hydrogen (secondary N) is 1. The fourth-order valence-electron chi connectivity index (χ4n) is 3.02. The summed E-state index contributed by atoms with van der Waals surface area (Å²) in [6.45, 7) is 0.678. The number of carbonyl (C=O) groups excluding carboxylic acids is 1. The number of aromatic nitrogens is 3. The molecule has 1 N–H and O–H groups in total. The van der Waals surface area contributed by atoms with Gasteiger partial charge in [0.05, 0.1) is 11.0 Å². The van der Waals surface area contributed by atoms with Gasteiger partial charge in [-0.1, -0.05) is 48.5 Å². The van der Waals surface area contributed by atoms with Crippen LogP contribution in [-0.2, 0) is 17.8 Å². The Labute approximate surface area is 157 Å². The minimum Gasteiger partial charge on any atom is -0.342 e. The maximum absolute atomic E-state index is 12.4. The van der Waals surface area contributed by atoms with E-state index < -0.39 is 0 Å². The SMILES string of the molecule is O=C(CCc1nc2ccccc2[nH]1)N=c1ccccn1Cc1ccccc1. The largest absolute Gasteiger partial charge is 0.342 e. The van der Waals surface area contributed by atoms with E-state index in [4.69, 9.17) is 0 Å². The average molecular weight is 356 g/mol. The quantitative estimate of drug-likeness (QED) is 0.595. The fraction of sp³-hybridized carbons (Fsp3) is 0.136. The predicted octanol–water partition coefficient (Wildman–Crippen LogP) is 3.47. The van der Waals surface area contributed by atoms with Crippen molar-refractivity contribution in [2.45, 2.75) is 19.4 Å². The summed E-state index contributed by atoms with van der Waals surface area (Å²) in [6.07, 6.45) is 2.81. The fourth-order valence-corrected chi connectivity index (χ4v) is 3.02. The number of aryl methyl sites for hydroxylation is 1. The zero-order valence-corrected chi connectivity index (χ0v) is 14.9. The molecule has 2 aromatic heterocycles. The highest BCUT2D eigenvalue weighted by molar-refractivity contribution is 5.77. The number of aromatic amines is 1. The highest BCUT2D eigenvalue weighted by Crippen LogP contribution is 2.11. The number of para-hydroxylation sites is 2. The summed E-state index contributed by atoms with van der Waals surface area (Å²) in [4.78, 5) is 24.4. The van der Waals surface area contributed by atoms with Crippen LogP contribution in [0.25, 0.3) is 11.0 Å². The average Bonchev–Trinajstić information content (AvgIpc) is 3.12. The number of nitrogens with zero attached hydrogens (tertiary/aromatic N) is 3. The van der Waals surface area contributed by atoms with Gasteiger partial charge in [-0.2, -0.15) is 4.99 Å². The summed E-state index contributed by atoms with van der Waals surface area (Å²) < 4.78 is 1.98. The van der Waals surface area contributed by atoms with E-state index in [2.05, 4.69) is 27.1 Å². The van der Waals surface area contributed by atoms with Crippen LogP contribution in [0.4, 0.5) is 0 Å². The van der Waals surface area contributed by atoms with Crippen molar-refractivity contribution in [3.8, 4) is 0 Å². The molecular weight excluding hydrogens is 336 g/mol. The molecule has 4 aromatic rings. The standard InChI is InChI=1S/C22H20N4O/c27-22(14-13-20-23-18-10-4-5-11-19(18)24-20)25-21-12-6-7-15-26(21)16-17-8-2-1-3-9-17/h1-12,15H,13-14,16H2,(H,23,24). The molecular formula is C22H20N4O. The zero-order valence-electron chi connectivity index (χ0n) is 14.9. The Bertz CT molecular complexity index is 1090. The van der Waals surface area contributed by atoms with Gasteiger partial charge in [-0.05, 0) is 29.8 Å². The van der Waals surface area contributed by atoms with Crippen molar-refractivity contribution in [1.29, 1.82) is 0 Å². The topological polar surface area (TPSA) is 63.0 Å². The van der Waals surface area contributed by atoms with Crippen molar-refractivity contribution in [2.75, 3.05) is 0 Å². The first kappa shape index (κ1) is 17.0. The van der Waals surface area contributed by atoms with Crippen LogP contribution in [-0.4, -0.2) is 20.4 Å². The van der Waals surface area contributed by atoms with Gasteiger partial charge < -0.3 is 9.55 Å². The summed E-state index contributed by atoms with van der Waals surface area (Å²) in [7, 11) is 0. The first-order chi connectivity index (χ1) is 13.3. The molecule has 5 heteroatoms. The molecule has 0 fully saturated rings. The molecule has 0 spiro atoms. The van der Waals surface area contributed by atoms with Gasteiger partial charge in [0.1, 0.15) is 11.3 Å². The molecule has 0 aliphatic carbocycles. The zero-order chi connectivity index (χ0) is 18.5. The van der Waals surface area contributed by atoms with Gasteiger partial charge in [0.2, 0.25) is 5.91 Å². The molecule has 0 saturated carbocycles. The second-order valence-electron chi connectivity index (χ2n) is 6.38. The van der Waals surface area contributed by atoms with Gasteiger partial charge in [-0.25, -0.2) is 4.98 Å². The van der Waals surface area contributed by atoms with E-state index in [1.165, 1.54) is 5.56 Å². The number of fused-ring (bicyclic) bond motifs is 1. The Morgan fingerprint density at radius 2 is 1.74 bits per heavy atom. The number of pyridine rings is 1. The highest BCUT2D eigenvalue weighted by atomic mass is 16.1. The van der Waals surface area contributed by atoms with Crippen molar-refractivity contribution >= 4 is 16.9 Å². The maximum Gasteiger partial charge on any atom is 0.248 e. The molecule has 0 radical (unpaired) electrons. The summed E-state index contributed by atoms with van der Waals surface area (Å²) in [5.74, 6) is 0.661. The lowest BCUT2D eigenvalue weighted by atomic mass is 10.2. The number of hydrogen-bond acceptors (Lipinski definition) is 2. The number of H-pyrrole nitrogens is 1. The summed E-state index contributed by atoms with van der Waals surface area (Å²) in [6, 6.07) is 23.7. The Balaban J connectivity index is 1.48. The summed E-state index contributed by atoms with van der Waals surface area (Å²) in [5.41, 5.74) is 3.73. The third-order valence-electron chi connectivity index (χ3n) is 4.37. The molecule has 0 aliphatic rings. The van der Waals surface area contributed by atoms with Crippen LogP contribution in [0.2, 0.25) is 0 Å². The first-order valence-corrected chi connectivity index (χ1v) is 8.98. The van der Waals surface area contributed by atoms with Crippen LogP contribution < -0.4 is 5.49 Å². The maximum atomic E-state index is 12.4. The lowest BCUT2D eigenvalue weighted by molar-refractivity contribution is -0.118. The molecule has 0 bridgehead atoms. The number of imidazole rings is 1. The van der Waals surface area contributed by atoms with Gasteiger partial charge >= 0.3 is 0 Å². The van der Waals surface area contributed by atoms with Crippen LogP contribution in [0.1, 0.15) is 17.8 Å². The van der Waals surface area contributed by atoms with Crippen molar-refractivity contribution in [3.05, 3.63) is 95.9 Å². The normalized spacial score (nSPS) is 11.8. The van der Waals surface area contributed by atoms with E-state index in [9.17, 15) is 4.79 Å². The second kappa shape index (κ2) is 7.83. The van der Waals surface area contributed by atoms with Crippen molar-refractivity contribution in [2.24, 2.45) is 4.99 Å². The van der Waals surface area contributed by atoms with Crippen LogP contribution in [0.3, 0.4) is 0 Å². The van der Waals surface area contributed by atoms with Gasteiger partial charge in [0.15, 0.2) is 0 Å². The van der Waals surface area contributed by atoms with Crippen LogP contribution in [0, 0.1) is 0 Å². The Hall–Kier alpha value is -3.47. The van der Waals surface area contributed by atoms with E-state index in [-0.39, 0.29) is 5.91 Å². The van der Waals surface area contributed by atoms with Gasteiger partial charge in [-0.15, -0.1) is 0 Å². The molecule has 1 amide bonds. The number of rotatable bonds is 5. The monoisotopic (exact) mass is 356 g/mol. The Morgan fingerprint density at radius 1 is 0.963 bits per heavy atom. The Morgan fingerprint density at radius 3 is 2.59 bits per heavy atom. The van der Waals surface area contributed by atoms with E-state index in [1.807, 2.05) is 71.4 Å². The van der Waals surface area contributed by atoms with Crippen molar-refractivity contribution < 1.29 is 4.79 Å². The molecule has 0 unspecified atom stereocenters. The second-order valence-corrected chi connectivity index (χ2v) is 6.38. The molecule has 2 aromatic carbocycles. The van der Waals surface area contributed by atoms with Crippen molar-refractivity contribution in [1.82, 2.24) is 14.5 Å². The third-order valence-corrected chi connectivity index (χ3v) is 4.37. The number of amides is 1. The Kier molecular flexibility index (Phi) is 4.92. The molecule has 2 heterocycles. The smallest absolute Gasteiger partial charge is 0.248 e. The van der Waals surface area contributed by atoms with E-state index >= 15 is 0 Å². The summed E-state index contributed by atoms with van der Waals surface area (Å²) >= 11 is 0. The summed E-state index contributed by atoms with van der Waals surface area (Å²) in [5, 5.41) is 0. The van der Waals surface area contributed by atoms with Crippen LogP contribution in [0.5, 0.6) is 0 Å². The molecule has 5 nitrogen and oxygen atoms in total. The lowest BCUT2D eigenvalue weighted by Crippen LogP contribution is -2.22. The van der Waals surface area contributed by atoms with Crippen LogP contribution in [0.15, 0.2) is 84.0 Å². The lowest BCUT2D eigenvalue weighted by Gasteiger charge is -2.07. The molecule has 27 heavy (non-hydrogen) atoms. The molecule has 4 rings (SSSR count). The van der Waals surface area contributed by atoms with E-state index in [1.54, 1.807) is 0 Å². The van der Waals surface area contributed by atoms with Gasteiger partial charge in [0.25, 0.3) is 0 Å².